The minimum Gasteiger partial charge on any atom is -0.508 e. The Balaban J connectivity index is 0. The largest absolute Gasteiger partial charge is 0.508 e. The summed E-state index contributed by atoms with van der Waals surface area (Å²) in [6.07, 6.45) is 0.895. The molecule has 21 heteroatoms. The Kier molecular flexibility index (Phi) is 35.1. The van der Waals surface area contributed by atoms with Crippen LogP contribution < -0.4 is 4.74 Å². The van der Waals surface area contributed by atoms with Gasteiger partial charge in [-0.2, -0.15) is 0 Å². The zero-order valence-electron chi connectivity index (χ0n) is 32.7. The Morgan fingerprint density at radius 1 is 0.655 bits per heavy atom. The number of carbonyl (C=O) groups is 3. The van der Waals surface area contributed by atoms with Gasteiger partial charge in [-0.1, -0.05) is 75.7 Å². The molecule has 0 heterocycles. The number of rotatable bonds is 16. The normalized spacial score (nSPS) is 11.3. The van der Waals surface area contributed by atoms with Crippen LogP contribution in [-0.2, 0) is 136 Å². The van der Waals surface area contributed by atoms with Gasteiger partial charge in [-0.3, -0.25) is 14.4 Å². The van der Waals surface area contributed by atoms with Gasteiger partial charge in [-0.15, -0.1) is 0 Å². The predicted molar refractivity (Wildman–Crippen MR) is 262 cm³/mol. The highest BCUT2D eigenvalue weighted by atomic mass is 33.3. The van der Waals surface area contributed by atoms with Crippen LogP contribution in [0.5, 0.6) is 11.5 Å². The molecule has 312 valence electrons. The molecule has 0 radical (unpaired) electrons. The van der Waals surface area contributed by atoms with Gasteiger partial charge in [0.2, 0.25) is 0 Å². The molecule has 55 heavy (non-hydrogen) atoms. The summed E-state index contributed by atoms with van der Waals surface area (Å²) in [7, 11) is 7.18. The number of esters is 3. The van der Waals surface area contributed by atoms with Crippen molar-refractivity contribution in [1.29, 1.82) is 0 Å². The molecule has 2 aromatic rings. The number of benzene rings is 2. The van der Waals surface area contributed by atoms with E-state index < -0.39 is 28.0 Å². The van der Waals surface area contributed by atoms with Crippen molar-refractivity contribution in [3.8, 4) is 11.5 Å². The third-order valence-corrected chi connectivity index (χ3v) is 21.4. The summed E-state index contributed by atoms with van der Waals surface area (Å²) in [5, 5.41) is 9.68. The van der Waals surface area contributed by atoms with Crippen molar-refractivity contribution >= 4 is 141 Å². The highest BCUT2D eigenvalue weighted by Gasteiger charge is 2.23. The second kappa shape index (κ2) is 34.2. The molecule has 0 aliphatic rings. The quantitative estimate of drug-likeness (QED) is 0.0770. The molecular formula is C34H54O8S11Si2. The number of carbonyl (C=O) groups excluding carboxylic acids is 3. The molecule has 0 aromatic heterocycles. The fraction of sp³-hybridized carbons (Fsp3) is 0.559. The summed E-state index contributed by atoms with van der Waals surface area (Å²) >= 11 is 17.9. The van der Waals surface area contributed by atoms with Crippen molar-refractivity contribution in [2.45, 2.75) is 96.8 Å². The number of ether oxygens (including phenoxy) is 4. The predicted octanol–water partition coefficient (Wildman–Crippen LogP) is 7.74. The van der Waals surface area contributed by atoms with E-state index in [4.69, 9.17) is 18.9 Å². The zero-order chi connectivity index (χ0) is 42.3. The number of phenols is 1. The van der Waals surface area contributed by atoms with Crippen molar-refractivity contribution in [1.82, 2.24) is 0 Å². The van der Waals surface area contributed by atoms with Gasteiger partial charge in [0.25, 0.3) is 0 Å². The van der Waals surface area contributed by atoms with Crippen LogP contribution >= 0.6 is 0 Å². The molecule has 2 unspecified atom stereocenters. The van der Waals surface area contributed by atoms with Crippen molar-refractivity contribution < 1.29 is 38.4 Å². The Hall–Kier alpha value is -0.696. The molecule has 1 N–H and O–H groups in total. The topological polar surface area (TPSA) is 108 Å². The number of aromatic hydroxyl groups is 1. The molecule has 0 aliphatic carbocycles. The summed E-state index contributed by atoms with van der Waals surface area (Å²) < 4.78 is 21.4. The SMILES string of the molecule is CC(C(=O)OCC[Si](C)(C)C)c1ccccc1O.CCOC(=O)CCCOc1ccccc1C(C)C(=O)OCC[Si](C)(C)C.S=S=S=S=S.S=S=S=S=S=S. The number of para-hydroxylation sites is 2. The smallest absolute Gasteiger partial charge is 0.313 e. The van der Waals surface area contributed by atoms with Gasteiger partial charge >= 0.3 is 17.9 Å². The van der Waals surface area contributed by atoms with E-state index >= 15 is 0 Å². The van der Waals surface area contributed by atoms with E-state index in [9.17, 15) is 19.5 Å². The Morgan fingerprint density at radius 2 is 1.09 bits per heavy atom. The first kappa shape index (κ1) is 56.4. The summed E-state index contributed by atoms with van der Waals surface area (Å²) in [5.41, 5.74) is 1.43. The van der Waals surface area contributed by atoms with E-state index in [1.807, 2.05) is 31.2 Å². The summed E-state index contributed by atoms with van der Waals surface area (Å²) in [6.45, 7) is 20.6. The van der Waals surface area contributed by atoms with Crippen molar-refractivity contribution in [3.63, 3.8) is 0 Å². The lowest BCUT2D eigenvalue weighted by molar-refractivity contribution is -0.145. The molecule has 8 nitrogen and oxygen atoms in total. The van der Waals surface area contributed by atoms with Crippen LogP contribution in [0.25, 0.3) is 0 Å². The van der Waals surface area contributed by atoms with Crippen LogP contribution in [-0.4, -0.2) is 65.6 Å². The van der Waals surface area contributed by atoms with Crippen LogP contribution in [0.3, 0.4) is 0 Å². The van der Waals surface area contributed by atoms with E-state index in [2.05, 4.69) is 84.0 Å². The van der Waals surface area contributed by atoms with Gasteiger partial charge in [0, 0.05) is 141 Å². The van der Waals surface area contributed by atoms with Gasteiger partial charge in [0.05, 0.1) is 38.3 Å². The van der Waals surface area contributed by atoms with Gasteiger partial charge in [0.15, 0.2) is 0 Å². The standard InChI is InChI=1S/C20H32O5Si.C14H22O3Si.S6.S5/c1-6-23-19(21)12-9-13-24-18-11-8-7-10-17(18)16(2)20(22)25-14-15-26(3,4)5;1-11(12-7-5-6-8-13(12)15)14(16)17-9-10-18(2,3)4;1-3-5-6-4-2;1-3-5-4-2/h7-8,10-11,16H,6,9,12-15H2,1-5H3;5-8,11,15H,9-10H2,1-4H3;;. The van der Waals surface area contributed by atoms with E-state index in [0.29, 0.717) is 50.6 Å². The summed E-state index contributed by atoms with van der Waals surface area (Å²) in [6, 6.07) is 16.3. The molecule has 0 amide bonds. The monoisotopic (exact) mass is 998 g/mol. The molecule has 2 atom stereocenters. The lowest BCUT2D eigenvalue weighted by Gasteiger charge is -2.18. The third-order valence-electron chi connectivity index (χ3n) is 6.92. The maximum atomic E-state index is 12.3. The van der Waals surface area contributed by atoms with E-state index in [-0.39, 0.29) is 23.7 Å². The Bertz CT molecular complexity index is 1730. The Labute approximate surface area is 370 Å². The van der Waals surface area contributed by atoms with Gasteiger partial charge in [-0.25, -0.2) is 0 Å². The van der Waals surface area contributed by atoms with Crippen LogP contribution in [0.2, 0.25) is 51.4 Å². The van der Waals surface area contributed by atoms with E-state index in [1.54, 1.807) is 38.1 Å². The fourth-order valence-electron chi connectivity index (χ4n) is 3.91. The van der Waals surface area contributed by atoms with E-state index in [0.717, 1.165) is 17.7 Å². The average molecular weight is 1000 g/mol. The first-order valence-corrected chi connectivity index (χ1v) is 36.5. The summed E-state index contributed by atoms with van der Waals surface area (Å²) in [5.74, 6) is -0.729. The molecule has 0 bridgehead atoms. The minimum atomic E-state index is -1.23. The zero-order valence-corrected chi connectivity index (χ0v) is 43.7. The van der Waals surface area contributed by atoms with Gasteiger partial charge in [0.1, 0.15) is 11.5 Å². The Morgan fingerprint density at radius 3 is 1.51 bits per heavy atom. The second-order valence-electron chi connectivity index (χ2n) is 13.7. The first-order chi connectivity index (χ1) is 25.9. The molecule has 0 saturated carbocycles. The first-order valence-electron chi connectivity index (χ1n) is 17.0. The van der Waals surface area contributed by atoms with Crippen molar-refractivity contribution in [3.05, 3.63) is 59.7 Å². The van der Waals surface area contributed by atoms with Crippen molar-refractivity contribution in [2.24, 2.45) is 0 Å². The van der Waals surface area contributed by atoms with Crippen molar-refractivity contribution in [2.75, 3.05) is 26.4 Å². The van der Waals surface area contributed by atoms with Gasteiger partial charge in [-0.05, 0) is 51.4 Å². The molecule has 0 saturated heterocycles. The molecule has 0 spiro atoms. The highest BCUT2D eigenvalue weighted by molar-refractivity contribution is 8.64. The highest BCUT2D eigenvalue weighted by Crippen LogP contribution is 2.28. The number of hydrogen-bond donors (Lipinski definition) is 1. The van der Waals surface area contributed by atoms with Gasteiger partial charge < -0.3 is 24.1 Å². The van der Waals surface area contributed by atoms with Crippen LogP contribution in [0.4, 0.5) is 0 Å². The summed E-state index contributed by atoms with van der Waals surface area (Å²) in [4.78, 5) is 35.6. The van der Waals surface area contributed by atoms with E-state index in [1.165, 1.54) is 62.2 Å². The third kappa shape index (κ3) is 31.9. The maximum Gasteiger partial charge on any atom is 0.313 e. The van der Waals surface area contributed by atoms with Crippen LogP contribution in [0.1, 0.15) is 56.6 Å². The molecule has 0 fully saturated rings. The lowest BCUT2D eigenvalue weighted by atomic mass is 10.0. The number of phenolic OH excluding ortho intramolecular Hbond substituents is 1. The molecular weight excluding hydrogens is 945 g/mol. The maximum absolute atomic E-state index is 12.3. The minimum absolute atomic E-state index is 0.146. The molecule has 2 aromatic carbocycles. The second-order valence-corrected chi connectivity index (χ2v) is 37.4. The van der Waals surface area contributed by atoms with Crippen LogP contribution in [0, 0.1) is 0 Å². The van der Waals surface area contributed by atoms with Crippen LogP contribution in [0.15, 0.2) is 48.5 Å². The molecule has 0 aliphatic heterocycles. The number of hydrogen-bond acceptors (Lipinski definition) is 12. The molecule has 2 rings (SSSR count). The fourth-order valence-corrected chi connectivity index (χ4v) is 13.6. The average Bonchev–Trinajstić information content (AvgIpc) is 3.12. The lowest BCUT2D eigenvalue weighted by Crippen LogP contribution is -2.24.